The van der Waals surface area contributed by atoms with E-state index in [0.29, 0.717) is 5.56 Å². The maximum absolute atomic E-state index is 12.3. The van der Waals surface area contributed by atoms with E-state index >= 15 is 0 Å². The molecule has 0 spiro atoms. The Morgan fingerprint density at radius 1 is 1.06 bits per heavy atom. The third-order valence-electron chi connectivity index (χ3n) is 3.22. The molecule has 0 unspecified atom stereocenters. The van der Waals surface area contributed by atoms with Crippen LogP contribution in [-0.4, -0.2) is 5.78 Å². The van der Waals surface area contributed by atoms with Gasteiger partial charge in [-0.2, -0.15) is 0 Å². The molecule has 2 aromatic rings. The molecule has 1 aromatic carbocycles. The lowest BCUT2D eigenvalue weighted by Crippen LogP contribution is -2.02. The molecule has 94 valence electrons. The first kappa shape index (κ1) is 12.6. The van der Waals surface area contributed by atoms with Crippen molar-refractivity contribution in [2.75, 3.05) is 0 Å². The normalized spacial score (nSPS) is 10.6. The molecule has 0 saturated heterocycles. The van der Waals surface area contributed by atoms with E-state index < -0.39 is 0 Å². The van der Waals surface area contributed by atoms with Gasteiger partial charge in [0.05, 0.1) is 5.56 Å². The number of ketones is 1. The Morgan fingerprint density at radius 2 is 1.78 bits per heavy atom. The van der Waals surface area contributed by atoms with E-state index in [1.54, 1.807) is 6.07 Å². The Kier molecular flexibility index (Phi) is 3.66. The Bertz CT molecular complexity index is 564. The minimum Gasteiger partial charge on any atom is -0.469 e. The van der Waals surface area contributed by atoms with Crippen molar-refractivity contribution < 1.29 is 9.21 Å². The molecule has 0 aliphatic heterocycles. The third-order valence-corrected chi connectivity index (χ3v) is 3.22. The van der Waals surface area contributed by atoms with Crippen LogP contribution >= 0.6 is 0 Å². The monoisotopic (exact) mass is 242 g/mol. The summed E-state index contributed by atoms with van der Waals surface area (Å²) in [5.41, 5.74) is 3.93. The summed E-state index contributed by atoms with van der Waals surface area (Å²) in [6.07, 6.45) is 3.48. The van der Waals surface area contributed by atoms with Crippen LogP contribution in [0.5, 0.6) is 0 Å². The van der Waals surface area contributed by atoms with Crippen LogP contribution in [0.1, 0.15) is 46.7 Å². The maximum atomic E-state index is 12.3. The van der Waals surface area contributed by atoms with E-state index in [4.69, 9.17) is 4.42 Å². The lowest BCUT2D eigenvalue weighted by atomic mass is 9.97. The van der Waals surface area contributed by atoms with Gasteiger partial charge < -0.3 is 4.42 Å². The Balaban J connectivity index is 2.36. The second kappa shape index (κ2) is 5.21. The SMILES string of the molecule is CCc1ccc(C(=O)c2coc(C)c2)cc1CC. The molecule has 0 aliphatic rings. The summed E-state index contributed by atoms with van der Waals surface area (Å²) in [7, 11) is 0. The number of hydrogen-bond donors (Lipinski definition) is 0. The molecule has 1 heterocycles. The van der Waals surface area contributed by atoms with Gasteiger partial charge in [0.25, 0.3) is 0 Å². The van der Waals surface area contributed by atoms with Crippen LogP contribution in [0.2, 0.25) is 0 Å². The van der Waals surface area contributed by atoms with Crippen molar-refractivity contribution >= 4 is 5.78 Å². The maximum Gasteiger partial charge on any atom is 0.196 e. The molecule has 0 fully saturated rings. The van der Waals surface area contributed by atoms with Crippen LogP contribution < -0.4 is 0 Å². The van der Waals surface area contributed by atoms with Gasteiger partial charge in [-0.25, -0.2) is 0 Å². The number of furan rings is 1. The van der Waals surface area contributed by atoms with Crippen molar-refractivity contribution in [3.8, 4) is 0 Å². The predicted octanol–water partition coefficient (Wildman–Crippen LogP) is 3.94. The van der Waals surface area contributed by atoms with Crippen LogP contribution in [0.4, 0.5) is 0 Å². The standard InChI is InChI=1S/C16H18O2/c1-4-12-6-7-14(9-13(12)5-2)16(17)15-8-11(3)18-10-15/h6-10H,4-5H2,1-3H3. The van der Waals surface area contributed by atoms with Gasteiger partial charge in [0.2, 0.25) is 0 Å². The van der Waals surface area contributed by atoms with Crippen LogP contribution in [0.15, 0.2) is 34.9 Å². The second-order valence-corrected chi connectivity index (χ2v) is 4.47. The highest BCUT2D eigenvalue weighted by Crippen LogP contribution is 2.18. The molecule has 0 N–H and O–H groups in total. The first-order valence-electron chi connectivity index (χ1n) is 6.37. The number of benzene rings is 1. The second-order valence-electron chi connectivity index (χ2n) is 4.47. The molecule has 0 saturated carbocycles. The zero-order valence-corrected chi connectivity index (χ0v) is 11.1. The summed E-state index contributed by atoms with van der Waals surface area (Å²) in [5, 5.41) is 0. The molecule has 0 aliphatic carbocycles. The summed E-state index contributed by atoms with van der Waals surface area (Å²) in [4.78, 5) is 12.3. The average Bonchev–Trinajstić information content (AvgIpc) is 2.83. The molecule has 0 bridgehead atoms. The van der Waals surface area contributed by atoms with E-state index in [1.165, 1.54) is 17.4 Å². The van der Waals surface area contributed by atoms with E-state index in [0.717, 1.165) is 24.2 Å². The highest BCUT2D eigenvalue weighted by molar-refractivity contribution is 6.09. The van der Waals surface area contributed by atoms with E-state index in [1.807, 2.05) is 19.1 Å². The Hall–Kier alpha value is -1.83. The fourth-order valence-corrected chi connectivity index (χ4v) is 2.17. The lowest BCUT2D eigenvalue weighted by molar-refractivity contribution is 0.103. The summed E-state index contributed by atoms with van der Waals surface area (Å²) in [6.45, 7) is 6.09. The quantitative estimate of drug-likeness (QED) is 0.760. The van der Waals surface area contributed by atoms with E-state index in [9.17, 15) is 4.79 Å². The molecule has 1 aromatic heterocycles. The van der Waals surface area contributed by atoms with Gasteiger partial charge in [-0.15, -0.1) is 0 Å². The van der Waals surface area contributed by atoms with Crippen LogP contribution in [-0.2, 0) is 12.8 Å². The molecule has 2 rings (SSSR count). The average molecular weight is 242 g/mol. The molecular formula is C16H18O2. The summed E-state index contributed by atoms with van der Waals surface area (Å²) < 4.78 is 5.19. The first-order valence-corrected chi connectivity index (χ1v) is 6.37. The molecule has 0 radical (unpaired) electrons. The van der Waals surface area contributed by atoms with Crippen molar-refractivity contribution in [3.63, 3.8) is 0 Å². The van der Waals surface area contributed by atoms with Gasteiger partial charge in [-0.3, -0.25) is 4.79 Å². The minimum atomic E-state index is 0.0317. The van der Waals surface area contributed by atoms with E-state index in [-0.39, 0.29) is 5.78 Å². The highest BCUT2D eigenvalue weighted by atomic mass is 16.3. The van der Waals surface area contributed by atoms with Crippen LogP contribution in [0.3, 0.4) is 0 Å². The van der Waals surface area contributed by atoms with Gasteiger partial charge >= 0.3 is 0 Å². The van der Waals surface area contributed by atoms with Crippen LogP contribution in [0, 0.1) is 6.92 Å². The van der Waals surface area contributed by atoms with Gasteiger partial charge in [0.15, 0.2) is 5.78 Å². The summed E-state index contributed by atoms with van der Waals surface area (Å²) in [5.74, 6) is 0.795. The topological polar surface area (TPSA) is 30.2 Å². The number of rotatable bonds is 4. The van der Waals surface area contributed by atoms with Crippen molar-refractivity contribution in [1.82, 2.24) is 0 Å². The zero-order chi connectivity index (χ0) is 13.1. The fourth-order valence-electron chi connectivity index (χ4n) is 2.17. The number of carbonyl (C=O) groups excluding carboxylic acids is 1. The third kappa shape index (κ3) is 2.37. The molecular weight excluding hydrogens is 224 g/mol. The van der Waals surface area contributed by atoms with Crippen molar-refractivity contribution in [2.24, 2.45) is 0 Å². The highest BCUT2D eigenvalue weighted by Gasteiger charge is 2.12. The van der Waals surface area contributed by atoms with Crippen LogP contribution in [0.25, 0.3) is 0 Å². The van der Waals surface area contributed by atoms with Crippen molar-refractivity contribution in [2.45, 2.75) is 33.6 Å². The molecule has 0 atom stereocenters. The van der Waals surface area contributed by atoms with Gasteiger partial charge in [0, 0.05) is 5.56 Å². The Labute approximate surface area is 108 Å². The van der Waals surface area contributed by atoms with E-state index in [2.05, 4.69) is 19.9 Å². The zero-order valence-electron chi connectivity index (χ0n) is 11.1. The van der Waals surface area contributed by atoms with Gasteiger partial charge in [0.1, 0.15) is 12.0 Å². The van der Waals surface area contributed by atoms with Gasteiger partial charge in [-0.1, -0.05) is 26.0 Å². The first-order chi connectivity index (χ1) is 8.65. The van der Waals surface area contributed by atoms with Crippen molar-refractivity contribution in [1.29, 1.82) is 0 Å². The minimum absolute atomic E-state index is 0.0317. The Morgan fingerprint density at radius 3 is 2.33 bits per heavy atom. The summed E-state index contributed by atoms with van der Waals surface area (Å²) >= 11 is 0. The fraction of sp³-hybridized carbons (Fsp3) is 0.312. The lowest BCUT2D eigenvalue weighted by Gasteiger charge is -2.07. The molecule has 18 heavy (non-hydrogen) atoms. The largest absolute Gasteiger partial charge is 0.469 e. The predicted molar refractivity (Wildman–Crippen MR) is 72.1 cm³/mol. The molecule has 2 nitrogen and oxygen atoms in total. The molecule has 0 amide bonds. The van der Waals surface area contributed by atoms with Gasteiger partial charge in [-0.05, 0) is 43.0 Å². The smallest absolute Gasteiger partial charge is 0.196 e. The number of hydrogen-bond acceptors (Lipinski definition) is 2. The number of carbonyl (C=O) groups is 1. The van der Waals surface area contributed by atoms with Crippen molar-refractivity contribution in [3.05, 3.63) is 58.5 Å². The number of aryl methyl sites for hydroxylation is 3. The molecule has 2 heteroatoms. The summed E-state index contributed by atoms with van der Waals surface area (Å²) in [6, 6.07) is 7.74.